The maximum atomic E-state index is 12.1. The van der Waals surface area contributed by atoms with Gasteiger partial charge in [0.05, 0.1) is 6.61 Å². The van der Waals surface area contributed by atoms with Crippen molar-refractivity contribution in [3.8, 4) is 11.1 Å². The number of aromatic nitrogens is 2. The molecule has 2 atom stereocenters. The summed E-state index contributed by atoms with van der Waals surface area (Å²) in [6.07, 6.45) is 3.36. The van der Waals surface area contributed by atoms with Gasteiger partial charge in [0.25, 0.3) is 0 Å². The molecule has 1 heterocycles. The molecular formula is C22H27N5O2S. The van der Waals surface area contributed by atoms with Crippen molar-refractivity contribution in [2.45, 2.75) is 17.9 Å². The van der Waals surface area contributed by atoms with Crippen LogP contribution in [-0.2, 0) is 9.52 Å². The van der Waals surface area contributed by atoms with Crippen LogP contribution in [0.25, 0.3) is 11.1 Å². The zero-order valence-electron chi connectivity index (χ0n) is 17.3. The molecule has 0 fully saturated rings. The van der Waals surface area contributed by atoms with Crippen LogP contribution < -0.4 is 16.0 Å². The molecule has 7 nitrogen and oxygen atoms in total. The van der Waals surface area contributed by atoms with Crippen LogP contribution in [0.5, 0.6) is 0 Å². The molecule has 30 heavy (non-hydrogen) atoms. The van der Waals surface area contributed by atoms with Gasteiger partial charge in [-0.05, 0) is 64.3 Å². The molecule has 0 radical (unpaired) electrons. The molecule has 1 aromatic heterocycles. The zero-order chi connectivity index (χ0) is 21.7. The summed E-state index contributed by atoms with van der Waals surface area (Å²) in [6.45, 7) is 1.86. The molecule has 1 unspecified atom stereocenters. The zero-order valence-corrected chi connectivity index (χ0v) is 18.2. The number of benzene rings is 2. The summed E-state index contributed by atoms with van der Waals surface area (Å²) in [6, 6.07) is 15.0. The van der Waals surface area contributed by atoms with Crippen LogP contribution in [0.4, 0.5) is 23.1 Å². The first-order valence-corrected chi connectivity index (χ1v) is 11.7. The molecule has 8 heteroatoms. The summed E-state index contributed by atoms with van der Waals surface area (Å²) in [7, 11) is -0.382. The second kappa shape index (κ2) is 9.15. The lowest BCUT2D eigenvalue weighted by Gasteiger charge is -2.17. The van der Waals surface area contributed by atoms with Gasteiger partial charge >= 0.3 is 0 Å². The average molecular weight is 426 g/mol. The SMILES string of the molecule is C=S(C)(=O)c1ccc(Nc2ncc(-c3ccc(NC)cc3)c(N[C@H](C)CO)n2)cc1. The van der Waals surface area contributed by atoms with E-state index >= 15 is 0 Å². The highest BCUT2D eigenvalue weighted by Gasteiger charge is 2.12. The summed E-state index contributed by atoms with van der Waals surface area (Å²) in [5.74, 6) is 4.74. The average Bonchev–Trinajstić information content (AvgIpc) is 2.74. The van der Waals surface area contributed by atoms with Gasteiger partial charge in [-0.1, -0.05) is 12.1 Å². The fourth-order valence-corrected chi connectivity index (χ4v) is 3.53. The Bertz CT molecular complexity index is 1100. The Kier molecular flexibility index (Phi) is 6.59. The molecule has 0 spiro atoms. The van der Waals surface area contributed by atoms with Crippen molar-refractivity contribution in [3.05, 3.63) is 54.7 Å². The summed E-state index contributed by atoms with van der Waals surface area (Å²) < 4.78 is 12.1. The highest BCUT2D eigenvalue weighted by Crippen LogP contribution is 2.29. The highest BCUT2D eigenvalue weighted by molar-refractivity contribution is 7.99. The number of hydrogen-bond acceptors (Lipinski definition) is 7. The Hall–Kier alpha value is -3.10. The maximum absolute atomic E-state index is 12.1. The number of nitrogens with zero attached hydrogens (tertiary/aromatic N) is 2. The quantitative estimate of drug-likeness (QED) is 0.410. The van der Waals surface area contributed by atoms with Crippen molar-refractivity contribution in [1.82, 2.24) is 9.97 Å². The van der Waals surface area contributed by atoms with E-state index < -0.39 is 9.52 Å². The number of aliphatic hydroxyl groups is 1. The Labute approximate surface area is 177 Å². The minimum atomic E-state index is -2.25. The van der Waals surface area contributed by atoms with Crippen LogP contribution in [0.1, 0.15) is 6.92 Å². The Morgan fingerprint density at radius 2 is 1.73 bits per heavy atom. The van der Waals surface area contributed by atoms with Crippen molar-refractivity contribution in [2.75, 3.05) is 35.9 Å². The molecule has 0 aliphatic carbocycles. The van der Waals surface area contributed by atoms with Crippen LogP contribution in [-0.4, -0.2) is 51.1 Å². The van der Waals surface area contributed by atoms with Crippen molar-refractivity contribution < 1.29 is 9.32 Å². The van der Waals surface area contributed by atoms with Crippen LogP contribution >= 0.6 is 0 Å². The first kappa shape index (κ1) is 21.6. The lowest BCUT2D eigenvalue weighted by Crippen LogP contribution is -2.21. The van der Waals surface area contributed by atoms with E-state index in [-0.39, 0.29) is 12.6 Å². The third-order valence-electron chi connectivity index (χ3n) is 4.54. The van der Waals surface area contributed by atoms with Crippen molar-refractivity contribution in [3.63, 3.8) is 0 Å². The Morgan fingerprint density at radius 3 is 2.30 bits per heavy atom. The highest BCUT2D eigenvalue weighted by atomic mass is 32.2. The number of anilines is 4. The summed E-state index contributed by atoms with van der Waals surface area (Å²) in [5.41, 5.74) is 3.58. The van der Waals surface area contributed by atoms with Gasteiger partial charge in [-0.3, -0.25) is 4.21 Å². The molecule has 0 saturated heterocycles. The molecule has 0 aliphatic rings. The Morgan fingerprint density at radius 1 is 1.10 bits per heavy atom. The number of rotatable bonds is 8. The molecule has 4 N–H and O–H groups in total. The lowest BCUT2D eigenvalue weighted by atomic mass is 10.1. The van der Waals surface area contributed by atoms with Gasteiger partial charge < -0.3 is 21.1 Å². The molecular weight excluding hydrogens is 398 g/mol. The van der Waals surface area contributed by atoms with E-state index in [4.69, 9.17) is 0 Å². The van der Waals surface area contributed by atoms with Gasteiger partial charge in [-0.15, -0.1) is 0 Å². The molecule has 2 aromatic carbocycles. The van der Waals surface area contributed by atoms with Crippen molar-refractivity contribution >= 4 is 38.5 Å². The van der Waals surface area contributed by atoms with E-state index in [2.05, 4.69) is 31.8 Å². The topological polar surface area (TPSA) is 99.2 Å². The fourth-order valence-electron chi connectivity index (χ4n) is 2.81. The van der Waals surface area contributed by atoms with E-state index in [1.54, 1.807) is 24.6 Å². The van der Waals surface area contributed by atoms with E-state index in [1.165, 1.54) is 0 Å². The fraction of sp³-hybridized carbons (Fsp3) is 0.227. The summed E-state index contributed by atoms with van der Waals surface area (Å²) in [5, 5.41) is 19.0. The second-order valence-electron chi connectivity index (χ2n) is 7.17. The lowest BCUT2D eigenvalue weighted by molar-refractivity contribution is 0.281. The number of aliphatic hydroxyl groups excluding tert-OH is 1. The predicted molar refractivity (Wildman–Crippen MR) is 126 cm³/mol. The van der Waals surface area contributed by atoms with E-state index in [0.717, 1.165) is 22.5 Å². The monoisotopic (exact) mass is 425 g/mol. The predicted octanol–water partition coefficient (Wildman–Crippen LogP) is 3.43. The molecule has 3 rings (SSSR count). The minimum Gasteiger partial charge on any atom is -0.394 e. The van der Waals surface area contributed by atoms with Gasteiger partial charge in [0, 0.05) is 47.4 Å². The first-order valence-electron chi connectivity index (χ1n) is 9.52. The first-order chi connectivity index (χ1) is 14.3. The standard InChI is InChI=1S/C22H27N5O2S/c1-15(14-28)25-21-20(16-5-7-17(23-2)8-6-16)13-24-22(27-21)26-18-9-11-19(12-10-18)30(3,4)29/h5-13,15,23,28H,3,14H2,1-2,4H3,(H2,24,25,26,27)/t15-,30?/m1/s1. The smallest absolute Gasteiger partial charge is 0.229 e. The Balaban J connectivity index is 1.91. The second-order valence-corrected chi connectivity index (χ2v) is 9.65. The van der Waals surface area contributed by atoms with Crippen LogP contribution in [0.3, 0.4) is 0 Å². The normalized spacial score (nSPS) is 13.9. The van der Waals surface area contributed by atoms with E-state index in [1.807, 2.05) is 50.4 Å². The van der Waals surface area contributed by atoms with Gasteiger partial charge in [-0.2, -0.15) is 4.98 Å². The molecule has 158 valence electrons. The summed E-state index contributed by atoms with van der Waals surface area (Å²) in [4.78, 5) is 9.75. The molecule has 0 aliphatic heterocycles. The third-order valence-corrected chi connectivity index (χ3v) is 5.81. The van der Waals surface area contributed by atoms with Crippen LogP contribution in [0, 0.1) is 0 Å². The maximum Gasteiger partial charge on any atom is 0.229 e. The number of nitrogens with one attached hydrogen (secondary N) is 3. The molecule has 0 saturated carbocycles. The van der Waals surface area contributed by atoms with Gasteiger partial charge in [0.2, 0.25) is 5.95 Å². The van der Waals surface area contributed by atoms with E-state index in [9.17, 15) is 9.32 Å². The van der Waals surface area contributed by atoms with Gasteiger partial charge in [-0.25, -0.2) is 4.98 Å². The molecule has 3 aromatic rings. The minimum absolute atomic E-state index is 0.0201. The number of hydrogen-bond donors (Lipinski definition) is 4. The largest absolute Gasteiger partial charge is 0.394 e. The molecule has 0 amide bonds. The summed E-state index contributed by atoms with van der Waals surface area (Å²) >= 11 is 0. The van der Waals surface area contributed by atoms with Crippen LogP contribution in [0.15, 0.2) is 59.6 Å². The third kappa shape index (κ3) is 5.28. The van der Waals surface area contributed by atoms with Crippen LogP contribution in [0.2, 0.25) is 0 Å². The van der Waals surface area contributed by atoms with E-state index in [0.29, 0.717) is 16.7 Å². The molecule has 0 bridgehead atoms. The van der Waals surface area contributed by atoms with Gasteiger partial charge in [0.15, 0.2) is 0 Å². The van der Waals surface area contributed by atoms with Gasteiger partial charge in [0.1, 0.15) is 5.82 Å². The van der Waals surface area contributed by atoms with Crippen molar-refractivity contribution in [2.24, 2.45) is 0 Å². The van der Waals surface area contributed by atoms with Crippen molar-refractivity contribution in [1.29, 1.82) is 0 Å².